The van der Waals surface area contributed by atoms with Gasteiger partial charge in [-0.2, -0.15) is 18.2 Å². The summed E-state index contributed by atoms with van der Waals surface area (Å²) >= 11 is 0. The number of alkyl halides is 3. The van der Waals surface area contributed by atoms with Gasteiger partial charge in [0.05, 0.1) is 37.0 Å². The van der Waals surface area contributed by atoms with E-state index in [4.69, 9.17) is 14.2 Å². The lowest BCUT2D eigenvalue weighted by atomic mass is 10.0. The summed E-state index contributed by atoms with van der Waals surface area (Å²) in [6.45, 7) is 2.03. The fourth-order valence-electron chi connectivity index (χ4n) is 5.18. The van der Waals surface area contributed by atoms with Gasteiger partial charge in [-0.15, -0.1) is 0 Å². The predicted octanol–water partition coefficient (Wildman–Crippen LogP) is 4.18. The maximum absolute atomic E-state index is 14.6. The van der Waals surface area contributed by atoms with Gasteiger partial charge in [-0.1, -0.05) is 12.1 Å². The highest BCUT2D eigenvalue weighted by Crippen LogP contribution is 2.46. The first-order valence-corrected chi connectivity index (χ1v) is 11.5. The van der Waals surface area contributed by atoms with E-state index in [9.17, 15) is 22.4 Å². The average Bonchev–Trinajstić information content (AvgIpc) is 3.49. The Balaban J connectivity index is 1.10. The van der Waals surface area contributed by atoms with Gasteiger partial charge in [0.25, 0.3) is 0 Å². The first-order chi connectivity index (χ1) is 17.2. The molecule has 7 nitrogen and oxygen atoms in total. The molecule has 3 aliphatic rings. The van der Waals surface area contributed by atoms with Gasteiger partial charge < -0.3 is 19.1 Å². The lowest BCUT2D eigenvalue weighted by Gasteiger charge is -2.32. The fourth-order valence-corrected chi connectivity index (χ4v) is 5.18. The molecule has 1 spiro atoms. The molecule has 1 aromatic heterocycles. The molecule has 0 saturated carbocycles. The van der Waals surface area contributed by atoms with E-state index in [1.165, 1.54) is 24.3 Å². The molecule has 3 aromatic rings. The summed E-state index contributed by atoms with van der Waals surface area (Å²) in [6, 6.07) is 10.2. The Morgan fingerprint density at radius 3 is 2.81 bits per heavy atom. The second-order valence-corrected chi connectivity index (χ2v) is 9.28. The van der Waals surface area contributed by atoms with Gasteiger partial charge in [-0.3, -0.25) is 4.57 Å². The quantitative estimate of drug-likeness (QED) is 0.471. The minimum Gasteiger partial charge on any atom is -0.477 e. The predicted molar refractivity (Wildman–Crippen MR) is 120 cm³/mol. The van der Waals surface area contributed by atoms with E-state index in [0.29, 0.717) is 25.1 Å². The van der Waals surface area contributed by atoms with E-state index in [0.717, 1.165) is 30.9 Å². The first kappa shape index (κ1) is 22.8. The lowest BCUT2D eigenvalue weighted by Crippen LogP contribution is -2.46. The minimum absolute atomic E-state index is 0.117. The third-order valence-electron chi connectivity index (χ3n) is 6.88. The van der Waals surface area contributed by atoms with Crippen LogP contribution < -0.4 is 20.1 Å². The van der Waals surface area contributed by atoms with Crippen molar-refractivity contribution in [1.29, 1.82) is 0 Å². The molecule has 4 heterocycles. The van der Waals surface area contributed by atoms with Crippen LogP contribution >= 0.6 is 0 Å². The van der Waals surface area contributed by atoms with Crippen LogP contribution in [0.1, 0.15) is 17.5 Å². The number of ether oxygens (including phenoxy) is 3. The molecular weight excluding hydrogens is 482 g/mol. The third kappa shape index (κ3) is 3.97. The normalized spacial score (nSPS) is 22.0. The van der Waals surface area contributed by atoms with Crippen LogP contribution in [0.3, 0.4) is 0 Å². The zero-order valence-corrected chi connectivity index (χ0v) is 18.9. The zero-order chi connectivity index (χ0) is 25.1. The Bertz CT molecular complexity index is 1390. The highest BCUT2D eigenvalue weighted by Gasteiger charge is 2.56. The molecule has 6 rings (SSSR count). The van der Waals surface area contributed by atoms with Crippen LogP contribution in [-0.2, 0) is 23.9 Å². The van der Waals surface area contributed by atoms with Crippen molar-refractivity contribution in [3.8, 4) is 17.4 Å². The van der Waals surface area contributed by atoms with E-state index in [2.05, 4.69) is 9.88 Å². The van der Waals surface area contributed by atoms with Crippen molar-refractivity contribution >= 4 is 5.82 Å². The Morgan fingerprint density at radius 2 is 2.03 bits per heavy atom. The number of morpholine rings is 1. The largest absolute Gasteiger partial charge is 0.477 e. The SMILES string of the molecule is O=c1nc(OCCc2ccc(Oc3cccc(C(F)(F)F)c3)c(F)c2)cc2n1C[C@]13CO[C@H](CN21)C3. The van der Waals surface area contributed by atoms with E-state index in [-0.39, 0.29) is 41.3 Å². The number of nitrogens with zero attached hydrogens (tertiary/aromatic N) is 3. The Morgan fingerprint density at radius 1 is 1.17 bits per heavy atom. The first-order valence-electron chi connectivity index (χ1n) is 11.5. The maximum Gasteiger partial charge on any atom is 0.416 e. The summed E-state index contributed by atoms with van der Waals surface area (Å²) in [7, 11) is 0. The second kappa shape index (κ2) is 8.22. The second-order valence-electron chi connectivity index (χ2n) is 9.28. The van der Waals surface area contributed by atoms with Crippen LogP contribution in [0, 0.1) is 5.82 Å². The van der Waals surface area contributed by atoms with Gasteiger partial charge in [-0.05, 0) is 35.9 Å². The molecule has 0 unspecified atom stereocenters. The van der Waals surface area contributed by atoms with Crippen molar-refractivity contribution < 1.29 is 31.8 Å². The summed E-state index contributed by atoms with van der Waals surface area (Å²) in [5.41, 5.74) is -0.840. The standard InChI is InChI=1S/C25H21F4N3O4/c26-19-8-15(4-5-20(19)36-17-3-1-2-16(9-17)25(27,28)29)6-7-34-21-10-22-31(23(33)30-21)13-24-11-18(35-14-24)12-32(22)24/h1-5,8-10,18H,6-7,11-14H2/t18-,24+/m0/s1. The molecule has 2 atom stereocenters. The molecule has 0 N–H and O–H groups in total. The van der Waals surface area contributed by atoms with Crippen LogP contribution in [0.5, 0.6) is 17.4 Å². The molecule has 0 radical (unpaired) electrons. The molecule has 0 aliphatic carbocycles. The van der Waals surface area contributed by atoms with Crippen molar-refractivity contribution in [2.45, 2.75) is 37.2 Å². The monoisotopic (exact) mass is 503 g/mol. The van der Waals surface area contributed by atoms with Gasteiger partial charge >= 0.3 is 11.9 Å². The van der Waals surface area contributed by atoms with Gasteiger partial charge in [0.1, 0.15) is 11.6 Å². The molecule has 2 saturated heterocycles. The van der Waals surface area contributed by atoms with Gasteiger partial charge in [0, 0.05) is 25.5 Å². The lowest BCUT2D eigenvalue weighted by molar-refractivity contribution is -0.137. The summed E-state index contributed by atoms with van der Waals surface area (Å²) in [5, 5.41) is 0. The Labute approximate surface area is 202 Å². The summed E-state index contributed by atoms with van der Waals surface area (Å²) in [6.07, 6.45) is -3.12. The molecule has 188 valence electrons. The molecule has 0 amide bonds. The molecule has 36 heavy (non-hydrogen) atoms. The van der Waals surface area contributed by atoms with Crippen molar-refractivity contribution in [1.82, 2.24) is 9.55 Å². The highest BCUT2D eigenvalue weighted by atomic mass is 19.4. The number of hydrogen-bond donors (Lipinski definition) is 0. The number of aromatic nitrogens is 2. The van der Waals surface area contributed by atoms with Gasteiger partial charge in [0.15, 0.2) is 11.6 Å². The number of halogens is 4. The number of rotatable bonds is 6. The summed E-state index contributed by atoms with van der Waals surface area (Å²) in [4.78, 5) is 18.8. The van der Waals surface area contributed by atoms with Crippen LogP contribution in [0.2, 0.25) is 0 Å². The van der Waals surface area contributed by atoms with Gasteiger partial charge in [-0.25, -0.2) is 9.18 Å². The molecular formula is C25H21F4N3O4. The Kier molecular flexibility index (Phi) is 5.22. The Hall–Kier alpha value is -3.60. The van der Waals surface area contributed by atoms with Gasteiger partial charge in [0.2, 0.25) is 5.88 Å². The van der Waals surface area contributed by atoms with Crippen LogP contribution in [0.4, 0.5) is 23.4 Å². The number of anilines is 1. The molecule has 2 aromatic carbocycles. The van der Waals surface area contributed by atoms with Crippen LogP contribution in [0.25, 0.3) is 0 Å². The highest BCUT2D eigenvalue weighted by molar-refractivity contribution is 5.52. The summed E-state index contributed by atoms with van der Waals surface area (Å²) < 4.78 is 71.6. The number of benzene rings is 2. The van der Waals surface area contributed by atoms with E-state index < -0.39 is 17.6 Å². The number of fused-ring (bicyclic) bond motifs is 3. The molecule has 2 bridgehead atoms. The molecule has 3 aliphatic heterocycles. The van der Waals surface area contributed by atoms with Crippen LogP contribution in [-0.4, -0.2) is 41.0 Å². The number of hydrogen-bond acceptors (Lipinski definition) is 6. The van der Waals surface area contributed by atoms with Crippen molar-refractivity contribution in [3.05, 3.63) is 76.0 Å². The maximum atomic E-state index is 14.6. The van der Waals surface area contributed by atoms with Crippen molar-refractivity contribution in [3.63, 3.8) is 0 Å². The minimum atomic E-state index is -4.52. The smallest absolute Gasteiger partial charge is 0.416 e. The van der Waals surface area contributed by atoms with Crippen molar-refractivity contribution in [2.75, 3.05) is 24.7 Å². The average molecular weight is 503 g/mol. The summed E-state index contributed by atoms with van der Waals surface area (Å²) in [5.74, 6) is -0.0382. The van der Waals surface area contributed by atoms with Crippen LogP contribution in [0.15, 0.2) is 53.3 Å². The molecule has 11 heteroatoms. The fraction of sp³-hybridized carbons (Fsp3) is 0.360. The molecule has 2 fully saturated rings. The van der Waals surface area contributed by atoms with Crippen molar-refractivity contribution in [2.24, 2.45) is 0 Å². The van der Waals surface area contributed by atoms with E-state index in [1.54, 1.807) is 16.7 Å². The van der Waals surface area contributed by atoms with E-state index >= 15 is 0 Å². The topological polar surface area (TPSA) is 65.8 Å². The zero-order valence-electron chi connectivity index (χ0n) is 18.9. The third-order valence-corrected chi connectivity index (χ3v) is 6.88. The van der Waals surface area contributed by atoms with E-state index in [1.807, 2.05) is 0 Å².